The highest BCUT2D eigenvalue weighted by Gasteiger charge is 2.28. The van der Waals surface area contributed by atoms with Gasteiger partial charge in [-0.2, -0.15) is 0 Å². The lowest BCUT2D eigenvalue weighted by Gasteiger charge is -2.14. The second-order valence-electron chi connectivity index (χ2n) is 6.04. The van der Waals surface area contributed by atoms with Crippen molar-refractivity contribution in [3.05, 3.63) is 33.6 Å². The van der Waals surface area contributed by atoms with Crippen LogP contribution in [0.1, 0.15) is 33.3 Å². The van der Waals surface area contributed by atoms with Crippen LogP contribution in [-0.4, -0.2) is 41.9 Å². The first-order valence-corrected chi connectivity index (χ1v) is 8.58. The maximum atomic E-state index is 14.4. The Balaban J connectivity index is 2.06. The van der Waals surface area contributed by atoms with E-state index in [1.165, 1.54) is 7.11 Å². The highest BCUT2D eigenvalue weighted by atomic mass is 32.1. The zero-order chi connectivity index (χ0) is 18.9. The Morgan fingerprint density at radius 3 is 3.08 bits per heavy atom. The molecule has 0 spiro atoms. The van der Waals surface area contributed by atoms with Crippen LogP contribution in [0.3, 0.4) is 0 Å². The van der Waals surface area contributed by atoms with Gasteiger partial charge < -0.3 is 20.3 Å². The summed E-state index contributed by atoms with van der Waals surface area (Å²) >= 11 is 0.925. The summed E-state index contributed by atoms with van der Waals surface area (Å²) in [5.74, 6) is 5.34. The number of aliphatic hydroxyl groups is 1. The van der Waals surface area contributed by atoms with E-state index in [2.05, 4.69) is 16.8 Å². The highest BCUT2D eigenvalue weighted by molar-refractivity contribution is 7.14. The number of carbonyl (C=O) groups excluding carboxylic acids is 1. The number of carbonyl (C=O) groups is 1. The first kappa shape index (κ1) is 18.3. The Hall–Kier alpha value is -2.47. The largest absolute Gasteiger partial charge is 0.489 e. The van der Waals surface area contributed by atoms with E-state index in [4.69, 9.17) is 15.2 Å². The SMILES string of the molecule is COC[C@@](C)(O)C#Cc1ccc2c(c1)-c1nc(C(N)=O)sc1[C@H](F)CO2. The molecule has 8 heteroatoms. The molecule has 1 aromatic carbocycles. The van der Waals surface area contributed by atoms with Gasteiger partial charge in [0.05, 0.1) is 17.2 Å². The third kappa shape index (κ3) is 3.70. The van der Waals surface area contributed by atoms with E-state index < -0.39 is 17.7 Å². The van der Waals surface area contributed by atoms with Gasteiger partial charge in [-0.25, -0.2) is 9.37 Å². The summed E-state index contributed by atoms with van der Waals surface area (Å²) < 4.78 is 24.8. The number of fused-ring (bicyclic) bond motifs is 3. The second kappa shape index (κ2) is 7.03. The number of ether oxygens (including phenoxy) is 2. The second-order valence-corrected chi connectivity index (χ2v) is 7.07. The van der Waals surface area contributed by atoms with E-state index >= 15 is 0 Å². The van der Waals surface area contributed by atoms with Crippen LogP contribution >= 0.6 is 11.3 Å². The minimum absolute atomic E-state index is 0.0463. The summed E-state index contributed by atoms with van der Waals surface area (Å²) in [6.07, 6.45) is -1.40. The molecule has 0 saturated carbocycles. The van der Waals surface area contributed by atoms with Crippen LogP contribution in [-0.2, 0) is 4.74 Å². The van der Waals surface area contributed by atoms with Crippen molar-refractivity contribution in [3.8, 4) is 28.8 Å². The molecule has 3 rings (SSSR count). The van der Waals surface area contributed by atoms with Crippen molar-refractivity contribution in [2.75, 3.05) is 20.3 Å². The van der Waals surface area contributed by atoms with Gasteiger partial charge in [0, 0.05) is 18.2 Å². The van der Waals surface area contributed by atoms with E-state index in [0.717, 1.165) is 11.3 Å². The number of rotatable bonds is 3. The summed E-state index contributed by atoms with van der Waals surface area (Å²) in [6.45, 7) is 1.44. The predicted molar refractivity (Wildman–Crippen MR) is 94.8 cm³/mol. The molecule has 0 unspecified atom stereocenters. The lowest BCUT2D eigenvalue weighted by Crippen LogP contribution is -2.27. The average molecular weight is 376 g/mol. The van der Waals surface area contributed by atoms with Gasteiger partial charge in [-0.3, -0.25) is 4.79 Å². The first-order valence-electron chi connectivity index (χ1n) is 7.77. The van der Waals surface area contributed by atoms with Crippen molar-refractivity contribution in [1.82, 2.24) is 4.98 Å². The maximum absolute atomic E-state index is 14.4. The molecule has 3 N–H and O–H groups in total. The standard InChI is InChI=1S/C18H17FN2O4S/c1-18(23,9-24-2)6-5-10-3-4-13-11(7-10)14-15(12(19)8-25-13)26-17(21-14)16(20)22/h3-4,7,12,23H,8-9H2,1-2H3,(H2,20,22)/t12-,18+/m1/s1. The van der Waals surface area contributed by atoms with Gasteiger partial charge in [0.1, 0.15) is 18.0 Å². The van der Waals surface area contributed by atoms with E-state index in [9.17, 15) is 14.3 Å². The topological polar surface area (TPSA) is 94.7 Å². The van der Waals surface area contributed by atoms with Gasteiger partial charge in [-0.05, 0) is 25.1 Å². The quantitative estimate of drug-likeness (QED) is 0.800. The zero-order valence-corrected chi connectivity index (χ0v) is 15.0. The van der Waals surface area contributed by atoms with Gasteiger partial charge in [0.25, 0.3) is 5.91 Å². The third-order valence-electron chi connectivity index (χ3n) is 3.67. The summed E-state index contributed by atoms with van der Waals surface area (Å²) in [5.41, 5.74) is 5.42. The van der Waals surface area contributed by atoms with Gasteiger partial charge in [0.15, 0.2) is 11.2 Å². The number of nitrogens with two attached hydrogens (primary N) is 1. The summed E-state index contributed by atoms with van der Waals surface area (Å²) in [4.78, 5) is 15.9. The number of hydrogen-bond donors (Lipinski definition) is 2. The summed E-state index contributed by atoms with van der Waals surface area (Å²) in [6, 6.07) is 5.05. The smallest absolute Gasteiger partial charge is 0.277 e. The fraction of sp³-hybridized carbons (Fsp3) is 0.333. The number of nitrogens with zero attached hydrogens (tertiary/aromatic N) is 1. The minimum atomic E-state index is -1.40. The van der Waals surface area contributed by atoms with Crippen molar-refractivity contribution in [1.29, 1.82) is 0 Å². The molecule has 1 aromatic heterocycles. The Labute approximate surface area is 153 Å². The van der Waals surface area contributed by atoms with E-state index in [-0.39, 0.29) is 18.2 Å². The third-order valence-corrected chi connectivity index (χ3v) is 4.82. The van der Waals surface area contributed by atoms with Crippen molar-refractivity contribution in [3.63, 3.8) is 0 Å². The van der Waals surface area contributed by atoms with Crippen LogP contribution in [0, 0.1) is 11.8 Å². The van der Waals surface area contributed by atoms with Gasteiger partial charge in [0.2, 0.25) is 0 Å². The van der Waals surface area contributed by atoms with Gasteiger partial charge >= 0.3 is 0 Å². The number of halogens is 1. The fourth-order valence-electron chi connectivity index (χ4n) is 2.52. The molecule has 0 fully saturated rings. The molecular formula is C18H17FN2O4S. The first-order chi connectivity index (χ1) is 12.3. The Kier molecular flexibility index (Phi) is 4.96. The molecule has 2 atom stereocenters. The van der Waals surface area contributed by atoms with Crippen LogP contribution in [0.5, 0.6) is 5.75 Å². The monoisotopic (exact) mass is 376 g/mol. The Morgan fingerprint density at radius 2 is 2.38 bits per heavy atom. The van der Waals surface area contributed by atoms with Gasteiger partial charge in [-0.1, -0.05) is 11.8 Å². The van der Waals surface area contributed by atoms with Crippen molar-refractivity contribution < 1.29 is 23.8 Å². The molecule has 1 amide bonds. The van der Waals surface area contributed by atoms with Crippen molar-refractivity contribution in [2.45, 2.75) is 18.7 Å². The maximum Gasteiger partial charge on any atom is 0.277 e. The number of primary amides is 1. The van der Waals surface area contributed by atoms with Gasteiger partial charge in [-0.15, -0.1) is 11.3 Å². The van der Waals surface area contributed by atoms with Crippen molar-refractivity contribution in [2.24, 2.45) is 5.73 Å². The average Bonchev–Trinajstić information content (AvgIpc) is 2.99. The Morgan fingerprint density at radius 1 is 1.62 bits per heavy atom. The lowest BCUT2D eigenvalue weighted by atomic mass is 10.0. The van der Waals surface area contributed by atoms with E-state index in [1.807, 2.05) is 0 Å². The van der Waals surface area contributed by atoms with Crippen LogP contribution in [0.15, 0.2) is 18.2 Å². The molecule has 1 aliphatic rings. The van der Waals surface area contributed by atoms with E-state index in [1.54, 1.807) is 25.1 Å². The molecule has 136 valence electrons. The molecule has 6 nitrogen and oxygen atoms in total. The van der Waals surface area contributed by atoms with Crippen LogP contribution in [0.4, 0.5) is 4.39 Å². The normalized spacial score (nSPS) is 17.6. The predicted octanol–water partition coefficient (Wildman–Crippen LogP) is 2.06. The van der Waals surface area contributed by atoms with Crippen LogP contribution < -0.4 is 10.5 Å². The number of aromatic nitrogens is 1. The lowest BCUT2D eigenvalue weighted by molar-refractivity contribution is 0.0274. The number of thiazole rings is 1. The number of hydrogen-bond acceptors (Lipinski definition) is 6. The zero-order valence-electron chi connectivity index (χ0n) is 14.2. The van der Waals surface area contributed by atoms with Crippen LogP contribution in [0.2, 0.25) is 0 Å². The number of benzene rings is 1. The molecule has 2 heterocycles. The summed E-state index contributed by atoms with van der Waals surface area (Å²) in [7, 11) is 1.48. The molecule has 2 aromatic rings. The van der Waals surface area contributed by atoms with Crippen LogP contribution in [0.25, 0.3) is 11.3 Å². The molecule has 0 saturated heterocycles. The van der Waals surface area contributed by atoms with Crippen molar-refractivity contribution >= 4 is 17.2 Å². The molecule has 1 aliphatic heterocycles. The number of methoxy groups -OCH3 is 1. The number of amides is 1. The Bertz CT molecular complexity index is 914. The minimum Gasteiger partial charge on any atom is -0.489 e. The molecule has 0 aliphatic carbocycles. The van der Waals surface area contributed by atoms with E-state index in [0.29, 0.717) is 27.4 Å². The summed E-state index contributed by atoms with van der Waals surface area (Å²) in [5, 5.41) is 10.1. The number of alkyl halides is 1. The highest BCUT2D eigenvalue weighted by Crippen LogP contribution is 2.42. The molecular weight excluding hydrogens is 359 g/mol. The molecule has 0 radical (unpaired) electrons. The molecule has 0 bridgehead atoms. The fourth-order valence-corrected chi connectivity index (χ4v) is 3.42. The molecule has 26 heavy (non-hydrogen) atoms.